The van der Waals surface area contributed by atoms with Gasteiger partial charge in [0.2, 0.25) is 5.91 Å². The Morgan fingerprint density at radius 2 is 2.15 bits per heavy atom. The molecule has 8 nitrogen and oxygen atoms in total. The van der Waals surface area contributed by atoms with Gasteiger partial charge in [-0.15, -0.1) is 11.8 Å². The molecular formula is C31H43ClN6O2S. The summed E-state index contributed by atoms with van der Waals surface area (Å²) in [7, 11) is 2.19. The molecule has 10 heteroatoms. The van der Waals surface area contributed by atoms with Crippen LogP contribution in [0.2, 0.25) is 5.02 Å². The molecule has 2 N–H and O–H groups in total. The van der Waals surface area contributed by atoms with Gasteiger partial charge in [-0.05, 0) is 76.2 Å². The first-order valence-electron chi connectivity index (χ1n) is 15.2. The van der Waals surface area contributed by atoms with Crippen LogP contribution in [0.4, 0.5) is 0 Å². The number of hydrogen-bond donors (Lipinski definition) is 2. The van der Waals surface area contributed by atoms with Gasteiger partial charge in [0.1, 0.15) is 0 Å². The fourth-order valence-corrected chi connectivity index (χ4v) is 9.77. The fourth-order valence-electron chi connectivity index (χ4n) is 7.87. The van der Waals surface area contributed by atoms with Gasteiger partial charge in [-0.1, -0.05) is 30.3 Å². The minimum Gasteiger partial charge on any atom is -0.348 e. The number of carbonyl (C=O) groups excluding carboxylic acids is 1. The third kappa shape index (κ3) is 6.08. The largest absolute Gasteiger partial charge is 0.348 e. The molecule has 0 radical (unpaired) electrons. The Morgan fingerprint density at radius 3 is 2.93 bits per heavy atom. The molecule has 1 aliphatic carbocycles. The summed E-state index contributed by atoms with van der Waals surface area (Å²) in [5.74, 6) is 0.322. The molecule has 0 bridgehead atoms. The van der Waals surface area contributed by atoms with E-state index in [-0.39, 0.29) is 29.2 Å². The zero-order valence-corrected chi connectivity index (χ0v) is 25.6. The number of nitriles is 1. The second-order valence-corrected chi connectivity index (χ2v) is 14.4. The summed E-state index contributed by atoms with van der Waals surface area (Å²) < 4.78 is 6.73. The SMILES string of the molecule is C=CC(=O)N1CCN(C2NC(OCC3CCCN3C)NC3C[C@]4(CCc5cccc(Cl)c5S4)CCC32)CC1CC#N. The van der Waals surface area contributed by atoms with Crippen molar-refractivity contribution < 1.29 is 9.53 Å². The molecule has 222 valence electrons. The van der Waals surface area contributed by atoms with E-state index in [0.29, 0.717) is 44.1 Å². The van der Waals surface area contributed by atoms with Crippen molar-refractivity contribution in [3.63, 3.8) is 0 Å². The third-order valence-corrected chi connectivity index (χ3v) is 12.3. The maximum atomic E-state index is 12.6. The number of nitrogens with zero attached hydrogens (tertiary/aromatic N) is 4. The van der Waals surface area contributed by atoms with Crippen LogP contribution in [0.3, 0.4) is 0 Å². The van der Waals surface area contributed by atoms with Crippen LogP contribution < -0.4 is 10.6 Å². The molecule has 7 atom stereocenters. The molecule has 1 amide bonds. The maximum absolute atomic E-state index is 12.6. The highest BCUT2D eigenvalue weighted by molar-refractivity contribution is 8.00. The zero-order chi connectivity index (χ0) is 28.6. The van der Waals surface area contributed by atoms with Crippen LogP contribution in [-0.4, -0.2) is 95.8 Å². The predicted molar refractivity (Wildman–Crippen MR) is 162 cm³/mol. The molecule has 5 aliphatic rings. The number of carbonyl (C=O) groups is 1. The molecule has 41 heavy (non-hydrogen) atoms. The van der Waals surface area contributed by atoms with E-state index in [2.05, 4.69) is 52.3 Å². The molecule has 1 spiro atoms. The van der Waals surface area contributed by atoms with Crippen LogP contribution in [0.1, 0.15) is 50.5 Å². The Balaban J connectivity index is 1.21. The molecule has 0 aromatic heterocycles. The summed E-state index contributed by atoms with van der Waals surface area (Å²) in [5, 5.41) is 18.2. The lowest BCUT2D eigenvalue weighted by atomic mass is 9.73. The number of likely N-dealkylation sites (N-methyl/N-ethyl adjacent to an activating group) is 1. The van der Waals surface area contributed by atoms with Crippen LogP contribution in [0, 0.1) is 17.2 Å². The Labute approximate surface area is 253 Å². The van der Waals surface area contributed by atoms with Gasteiger partial charge in [0.15, 0.2) is 6.35 Å². The van der Waals surface area contributed by atoms with Gasteiger partial charge in [-0.25, -0.2) is 0 Å². The van der Waals surface area contributed by atoms with E-state index in [1.807, 2.05) is 22.7 Å². The van der Waals surface area contributed by atoms with Crippen molar-refractivity contribution in [2.45, 2.75) is 91.7 Å². The zero-order valence-electron chi connectivity index (χ0n) is 24.1. The van der Waals surface area contributed by atoms with E-state index >= 15 is 0 Å². The van der Waals surface area contributed by atoms with Crippen molar-refractivity contribution in [2.24, 2.45) is 5.92 Å². The third-order valence-electron chi connectivity index (χ3n) is 10.2. The van der Waals surface area contributed by atoms with Gasteiger partial charge >= 0.3 is 0 Å². The summed E-state index contributed by atoms with van der Waals surface area (Å²) >= 11 is 8.70. The molecule has 1 aromatic rings. The predicted octanol–water partition coefficient (Wildman–Crippen LogP) is 3.81. The van der Waals surface area contributed by atoms with E-state index in [0.717, 1.165) is 43.8 Å². The van der Waals surface area contributed by atoms with Crippen molar-refractivity contribution in [3.8, 4) is 6.07 Å². The average Bonchev–Trinajstić information content (AvgIpc) is 3.40. The first kappa shape index (κ1) is 29.4. The molecule has 6 unspecified atom stereocenters. The van der Waals surface area contributed by atoms with Crippen LogP contribution in [0.5, 0.6) is 0 Å². The summed E-state index contributed by atoms with van der Waals surface area (Å²) in [5.41, 5.74) is 1.38. The number of halogens is 1. The molecule has 1 aromatic carbocycles. The summed E-state index contributed by atoms with van der Waals surface area (Å²) in [6, 6.07) is 9.25. The minimum atomic E-state index is -0.239. The lowest BCUT2D eigenvalue weighted by Crippen LogP contribution is -2.72. The first-order valence-corrected chi connectivity index (χ1v) is 16.4. The highest BCUT2D eigenvalue weighted by Gasteiger charge is 2.50. The van der Waals surface area contributed by atoms with E-state index in [1.54, 1.807) is 0 Å². The Hall–Kier alpha value is -1.64. The average molecular weight is 599 g/mol. The molecular weight excluding hydrogens is 556 g/mol. The number of piperazine rings is 1. The van der Waals surface area contributed by atoms with Crippen LogP contribution in [-0.2, 0) is 16.0 Å². The van der Waals surface area contributed by atoms with Crippen LogP contribution >= 0.6 is 23.4 Å². The standard InChI is InChI=1S/C31H43ClN6O2S/c1-3-27(39)38-17-16-37(19-22(38)11-14-33)29-24-10-13-31(12-9-21-6-4-8-25(32)28(21)41-31)18-26(24)34-30(35-29)40-20-23-7-5-15-36(23)2/h3-4,6,8,22-24,26,29-30,34-35H,1,5,7,9-13,15-20H2,2H3/t22?,23?,24?,26?,29?,30?,31-/m0/s1. The first-order chi connectivity index (χ1) is 19.9. The smallest absolute Gasteiger partial charge is 0.246 e. The normalized spacial score (nSPS) is 36.0. The highest BCUT2D eigenvalue weighted by atomic mass is 35.5. The summed E-state index contributed by atoms with van der Waals surface area (Å²) in [6.07, 6.45) is 9.55. The van der Waals surface area contributed by atoms with Gasteiger partial charge < -0.3 is 14.5 Å². The van der Waals surface area contributed by atoms with Crippen molar-refractivity contribution >= 4 is 29.3 Å². The molecule has 4 fully saturated rings. The Kier molecular flexibility index (Phi) is 9.00. The fraction of sp³-hybridized carbons (Fsp3) is 0.677. The summed E-state index contributed by atoms with van der Waals surface area (Å²) in [4.78, 5) is 20.5. The molecule has 1 saturated carbocycles. The van der Waals surface area contributed by atoms with Crippen molar-refractivity contribution in [1.82, 2.24) is 25.3 Å². The van der Waals surface area contributed by atoms with Crippen molar-refractivity contribution in [3.05, 3.63) is 41.4 Å². The number of aryl methyl sites for hydroxylation is 1. The van der Waals surface area contributed by atoms with Crippen molar-refractivity contribution in [1.29, 1.82) is 5.26 Å². The van der Waals surface area contributed by atoms with E-state index in [9.17, 15) is 10.1 Å². The second-order valence-electron chi connectivity index (χ2n) is 12.5. The number of ether oxygens (including phenoxy) is 1. The number of likely N-dealkylation sites (tertiary alicyclic amines) is 1. The van der Waals surface area contributed by atoms with Gasteiger partial charge in [-0.3, -0.25) is 20.3 Å². The van der Waals surface area contributed by atoms with Crippen LogP contribution in [0.25, 0.3) is 0 Å². The van der Waals surface area contributed by atoms with E-state index in [4.69, 9.17) is 16.3 Å². The second kappa shape index (κ2) is 12.5. The highest BCUT2D eigenvalue weighted by Crippen LogP contribution is 2.54. The van der Waals surface area contributed by atoms with Gasteiger partial charge in [0, 0.05) is 47.3 Å². The van der Waals surface area contributed by atoms with E-state index in [1.165, 1.54) is 35.8 Å². The lowest BCUT2D eigenvalue weighted by Gasteiger charge is -2.56. The number of benzene rings is 1. The number of hydrogen-bond acceptors (Lipinski definition) is 8. The maximum Gasteiger partial charge on any atom is 0.246 e. The molecule has 4 aliphatic heterocycles. The van der Waals surface area contributed by atoms with Crippen LogP contribution in [0.15, 0.2) is 35.7 Å². The molecule has 6 rings (SSSR count). The number of thioether (sulfide) groups is 1. The number of rotatable bonds is 6. The Morgan fingerprint density at radius 1 is 1.27 bits per heavy atom. The number of amides is 1. The Bertz CT molecular complexity index is 1180. The molecule has 4 heterocycles. The lowest BCUT2D eigenvalue weighted by molar-refractivity contribution is -0.135. The van der Waals surface area contributed by atoms with Gasteiger partial charge in [0.05, 0.1) is 36.3 Å². The molecule has 3 saturated heterocycles. The topological polar surface area (TPSA) is 83.9 Å². The van der Waals surface area contributed by atoms with Gasteiger partial charge in [-0.2, -0.15) is 5.26 Å². The van der Waals surface area contributed by atoms with Gasteiger partial charge in [0.25, 0.3) is 0 Å². The monoisotopic (exact) mass is 598 g/mol. The minimum absolute atomic E-state index is 0.0872. The summed E-state index contributed by atoms with van der Waals surface area (Å²) in [6.45, 7) is 7.56. The van der Waals surface area contributed by atoms with Crippen molar-refractivity contribution in [2.75, 3.05) is 39.8 Å². The quantitative estimate of drug-likeness (QED) is 0.479. The van der Waals surface area contributed by atoms with E-state index < -0.39 is 0 Å². The number of fused-ring (bicyclic) bond motifs is 2. The number of nitrogens with one attached hydrogen (secondary N) is 2.